The van der Waals surface area contributed by atoms with Crippen molar-refractivity contribution < 1.29 is 9.53 Å². The Morgan fingerprint density at radius 1 is 1.03 bits per heavy atom. The molecule has 2 heterocycles. The number of nitrogens with zero attached hydrogens (tertiary/aromatic N) is 3. The highest BCUT2D eigenvalue weighted by molar-refractivity contribution is 6.31. The van der Waals surface area contributed by atoms with Gasteiger partial charge in [0, 0.05) is 39.2 Å². The first-order valence-corrected chi connectivity index (χ1v) is 10.7. The highest BCUT2D eigenvalue weighted by Crippen LogP contribution is 2.34. The molecule has 6 nitrogen and oxygen atoms in total. The standard InChI is InChI=1S/C26H19ClN4O2/c1-33-23-10-8-20(11-17(23)15-32)30-26-29-14-18-13-28-24(16-5-3-2-4-6-16)22-12-19(27)7-9-21(22)25(18)31-26/h2-12,14-15H,13H2,1H3,(H,29,30,31). The van der Waals surface area contributed by atoms with Gasteiger partial charge in [0.2, 0.25) is 5.95 Å². The van der Waals surface area contributed by atoms with Crippen LogP contribution < -0.4 is 10.1 Å². The van der Waals surface area contributed by atoms with E-state index >= 15 is 0 Å². The fraction of sp³-hybridized carbons (Fsp3) is 0.0769. The molecule has 1 N–H and O–H groups in total. The number of nitrogens with one attached hydrogen (secondary N) is 1. The Labute approximate surface area is 196 Å². The summed E-state index contributed by atoms with van der Waals surface area (Å²) in [6.45, 7) is 0.448. The smallest absolute Gasteiger partial charge is 0.227 e. The van der Waals surface area contributed by atoms with Crippen molar-refractivity contribution >= 4 is 35.2 Å². The maximum absolute atomic E-state index is 11.4. The van der Waals surface area contributed by atoms with E-state index in [9.17, 15) is 4.79 Å². The summed E-state index contributed by atoms with van der Waals surface area (Å²) < 4.78 is 5.21. The molecule has 33 heavy (non-hydrogen) atoms. The quantitative estimate of drug-likeness (QED) is 0.391. The predicted molar refractivity (Wildman–Crippen MR) is 130 cm³/mol. The lowest BCUT2D eigenvalue weighted by Gasteiger charge is -2.13. The van der Waals surface area contributed by atoms with Crippen LogP contribution in [0.15, 0.2) is 77.9 Å². The van der Waals surface area contributed by atoms with E-state index in [4.69, 9.17) is 26.3 Å². The van der Waals surface area contributed by atoms with Crippen LogP contribution in [0.3, 0.4) is 0 Å². The second-order valence-corrected chi connectivity index (χ2v) is 7.92. The molecule has 0 bridgehead atoms. The zero-order valence-electron chi connectivity index (χ0n) is 17.7. The lowest BCUT2D eigenvalue weighted by molar-refractivity contribution is 0.112. The predicted octanol–water partition coefficient (Wildman–Crippen LogP) is 5.71. The number of methoxy groups -OCH3 is 1. The van der Waals surface area contributed by atoms with E-state index < -0.39 is 0 Å². The molecule has 0 saturated heterocycles. The number of aromatic nitrogens is 2. The molecule has 3 aromatic carbocycles. The Morgan fingerprint density at radius 3 is 2.67 bits per heavy atom. The van der Waals surface area contributed by atoms with Gasteiger partial charge >= 0.3 is 0 Å². The SMILES string of the molecule is COc1ccc(Nc2ncc3c(n2)-c2ccc(Cl)cc2C(c2ccccc2)=NC3)cc1C=O. The first kappa shape index (κ1) is 20.8. The minimum absolute atomic E-state index is 0.417. The molecule has 5 rings (SSSR count). The van der Waals surface area contributed by atoms with E-state index in [0.717, 1.165) is 39.9 Å². The van der Waals surface area contributed by atoms with Crippen LogP contribution in [-0.2, 0) is 6.54 Å². The lowest BCUT2D eigenvalue weighted by atomic mass is 9.95. The van der Waals surface area contributed by atoms with Gasteiger partial charge in [-0.1, -0.05) is 48.0 Å². The van der Waals surface area contributed by atoms with Crippen molar-refractivity contribution in [1.82, 2.24) is 9.97 Å². The number of anilines is 2. The van der Waals surface area contributed by atoms with Crippen molar-refractivity contribution in [3.8, 4) is 17.0 Å². The number of benzene rings is 3. The van der Waals surface area contributed by atoms with Crippen LogP contribution in [0, 0.1) is 0 Å². The molecule has 1 aliphatic heterocycles. The van der Waals surface area contributed by atoms with Gasteiger partial charge in [-0.25, -0.2) is 9.97 Å². The molecule has 0 aliphatic carbocycles. The average Bonchev–Trinajstić information content (AvgIpc) is 3.00. The van der Waals surface area contributed by atoms with Crippen molar-refractivity contribution in [3.63, 3.8) is 0 Å². The maximum atomic E-state index is 11.4. The van der Waals surface area contributed by atoms with Gasteiger partial charge in [0.25, 0.3) is 0 Å². The summed E-state index contributed by atoms with van der Waals surface area (Å²) in [7, 11) is 1.53. The number of ether oxygens (including phenoxy) is 1. The minimum Gasteiger partial charge on any atom is -0.496 e. The lowest BCUT2D eigenvalue weighted by Crippen LogP contribution is -2.05. The van der Waals surface area contributed by atoms with Crippen molar-refractivity contribution in [2.45, 2.75) is 6.54 Å². The van der Waals surface area contributed by atoms with Crippen molar-refractivity contribution in [2.24, 2.45) is 4.99 Å². The minimum atomic E-state index is 0.417. The fourth-order valence-corrected chi connectivity index (χ4v) is 4.03. The Morgan fingerprint density at radius 2 is 1.88 bits per heavy atom. The summed E-state index contributed by atoms with van der Waals surface area (Å²) in [5, 5.41) is 3.82. The Bertz CT molecular complexity index is 1390. The Kier molecular flexibility index (Phi) is 5.59. The zero-order chi connectivity index (χ0) is 22.8. The van der Waals surface area contributed by atoms with Gasteiger partial charge in [-0.15, -0.1) is 0 Å². The van der Waals surface area contributed by atoms with E-state index in [1.54, 1.807) is 18.3 Å². The highest BCUT2D eigenvalue weighted by atomic mass is 35.5. The van der Waals surface area contributed by atoms with Crippen LogP contribution in [0.4, 0.5) is 11.6 Å². The maximum Gasteiger partial charge on any atom is 0.227 e. The number of rotatable bonds is 5. The Hall–Kier alpha value is -4.03. The topological polar surface area (TPSA) is 76.5 Å². The molecule has 0 atom stereocenters. The Balaban J connectivity index is 1.57. The van der Waals surface area contributed by atoms with Crippen molar-refractivity contribution in [2.75, 3.05) is 12.4 Å². The molecule has 1 aliphatic rings. The summed E-state index contributed by atoms with van der Waals surface area (Å²) in [5.41, 5.74) is 6.57. The van der Waals surface area contributed by atoms with E-state index in [1.165, 1.54) is 7.11 Å². The van der Waals surface area contributed by atoms with Crippen LogP contribution >= 0.6 is 11.6 Å². The molecular weight excluding hydrogens is 436 g/mol. The third kappa shape index (κ3) is 4.08. The summed E-state index contributed by atoms with van der Waals surface area (Å²) in [4.78, 5) is 25.5. The van der Waals surface area contributed by atoms with Crippen LogP contribution in [-0.4, -0.2) is 29.1 Å². The summed E-state index contributed by atoms with van der Waals surface area (Å²) >= 11 is 6.36. The van der Waals surface area contributed by atoms with Crippen molar-refractivity contribution in [1.29, 1.82) is 0 Å². The number of carbonyl (C=O) groups excluding carboxylic acids is 1. The molecule has 4 aromatic rings. The first-order valence-electron chi connectivity index (χ1n) is 10.3. The first-order chi connectivity index (χ1) is 16.2. The molecule has 0 saturated carbocycles. The summed E-state index contributed by atoms with van der Waals surface area (Å²) in [6.07, 6.45) is 2.54. The molecule has 162 valence electrons. The van der Waals surface area contributed by atoms with Crippen LogP contribution in [0.25, 0.3) is 11.3 Å². The molecule has 1 aromatic heterocycles. The number of aldehydes is 1. The molecule has 0 amide bonds. The highest BCUT2D eigenvalue weighted by Gasteiger charge is 2.21. The molecule has 0 fully saturated rings. The van der Waals surface area contributed by atoms with Gasteiger partial charge in [-0.2, -0.15) is 0 Å². The number of carbonyl (C=O) groups is 1. The monoisotopic (exact) mass is 454 g/mol. The molecule has 7 heteroatoms. The van der Waals surface area contributed by atoms with Crippen LogP contribution in [0.5, 0.6) is 5.75 Å². The molecule has 0 unspecified atom stereocenters. The van der Waals surface area contributed by atoms with Crippen LogP contribution in [0.2, 0.25) is 5.02 Å². The van der Waals surface area contributed by atoms with Gasteiger partial charge < -0.3 is 10.1 Å². The van der Waals surface area contributed by atoms with E-state index in [-0.39, 0.29) is 0 Å². The number of aliphatic imine (C=N–C) groups is 1. The van der Waals surface area contributed by atoms with E-state index in [2.05, 4.69) is 10.3 Å². The summed E-state index contributed by atoms with van der Waals surface area (Å²) in [5.74, 6) is 0.926. The fourth-order valence-electron chi connectivity index (χ4n) is 3.86. The largest absolute Gasteiger partial charge is 0.496 e. The normalized spacial score (nSPS) is 12.1. The summed E-state index contributed by atoms with van der Waals surface area (Å²) in [6, 6.07) is 21.0. The number of halogens is 1. The second kappa shape index (κ2) is 8.84. The molecular formula is C26H19ClN4O2. The van der Waals surface area contributed by atoms with Crippen LogP contribution in [0.1, 0.15) is 27.0 Å². The van der Waals surface area contributed by atoms with Gasteiger partial charge in [-0.3, -0.25) is 9.79 Å². The average molecular weight is 455 g/mol. The van der Waals surface area contributed by atoms with E-state index in [0.29, 0.717) is 34.5 Å². The molecule has 0 radical (unpaired) electrons. The van der Waals surface area contributed by atoms with Crippen molar-refractivity contribution in [3.05, 3.63) is 100 Å². The number of hydrogen-bond acceptors (Lipinski definition) is 6. The van der Waals surface area contributed by atoms with E-state index in [1.807, 2.05) is 54.6 Å². The molecule has 0 spiro atoms. The van der Waals surface area contributed by atoms with Gasteiger partial charge in [0.1, 0.15) is 5.75 Å². The second-order valence-electron chi connectivity index (χ2n) is 7.49. The third-order valence-corrected chi connectivity index (χ3v) is 5.66. The number of fused-ring (bicyclic) bond motifs is 3. The van der Waals surface area contributed by atoms with Gasteiger partial charge in [0.15, 0.2) is 6.29 Å². The number of hydrogen-bond donors (Lipinski definition) is 1. The third-order valence-electron chi connectivity index (χ3n) is 5.42. The van der Waals surface area contributed by atoms with Gasteiger partial charge in [-0.05, 0) is 30.3 Å². The zero-order valence-corrected chi connectivity index (χ0v) is 18.5. The van der Waals surface area contributed by atoms with Gasteiger partial charge in [0.05, 0.1) is 30.6 Å².